The number of rotatable bonds is 7. The molecule has 23 heavy (non-hydrogen) atoms. The van der Waals surface area contributed by atoms with E-state index in [1.165, 1.54) is 0 Å². The average molecular weight is 322 g/mol. The van der Waals surface area contributed by atoms with Gasteiger partial charge < -0.3 is 19.1 Å². The number of morpholine rings is 1. The van der Waals surface area contributed by atoms with E-state index in [9.17, 15) is 4.79 Å². The third-order valence-electron chi connectivity index (χ3n) is 4.02. The smallest absolute Gasteiger partial charge is 0.254 e. The average Bonchev–Trinajstić information content (AvgIpc) is 2.59. The predicted molar refractivity (Wildman–Crippen MR) is 86.8 cm³/mol. The van der Waals surface area contributed by atoms with Crippen LogP contribution >= 0.6 is 0 Å². The number of methoxy groups -OCH3 is 1. The predicted octanol–water partition coefficient (Wildman–Crippen LogP) is 2.14. The number of ether oxygens (including phenoxy) is 3. The zero-order valence-corrected chi connectivity index (χ0v) is 14.2. The molecule has 6 heteroatoms. The van der Waals surface area contributed by atoms with E-state index in [0.717, 1.165) is 12.8 Å². The second-order valence-corrected chi connectivity index (χ2v) is 5.73. The van der Waals surface area contributed by atoms with E-state index in [1.54, 1.807) is 25.4 Å². The maximum atomic E-state index is 12.8. The molecule has 0 aromatic carbocycles. The van der Waals surface area contributed by atoms with Crippen molar-refractivity contribution in [2.75, 3.05) is 33.5 Å². The number of carbonyl (C=O) groups is 1. The van der Waals surface area contributed by atoms with Gasteiger partial charge in [0.2, 0.25) is 5.88 Å². The summed E-state index contributed by atoms with van der Waals surface area (Å²) >= 11 is 0. The van der Waals surface area contributed by atoms with Crippen molar-refractivity contribution in [3.05, 3.63) is 23.9 Å². The molecule has 1 aromatic heterocycles. The summed E-state index contributed by atoms with van der Waals surface area (Å²) in [6.45, 7) is 6.35. The van der Waals surface area contributed by atoms with E-state index in [0.29, 0.717) is 37.8 Å². The fraction of sp³-hybridized carbons (Fsp3) is 0.647. The number of pyridine rings is 1. The van der Waals surface area contributed by atoms with Crippen LogP contribution in [0, 0.1) is 0 Å². The second-order valence-electron chi connectivity index (χ2n) is 5.73. The topological polar surface area (TPSA) is 60.9 Å². The Balaban J connectivity index is 2.09. The molecule has 1 aromatic rings. The maximum Gasteiger partial charge on any atom is 0.254 e. The third-order valence-corrected chi connectivity index (χ3v) is 4.02. The van der Waals surface area contributed by atoms with Gasteiger partial charge in [0, 0.05) is 38.1 Å². The highest BCUT2D eigenvalue weighted by Gasteiger charge is 2.28. The van der Waals surface area contributed by atoms with Crippen LogP contribution in [0.5, 0.6) is 5.88 Å². The second kappa shape index (κ2) is 8.84. The number of hydrogen-bond acceptors (Lipinski definition) is 5. The van der Waals surface area contributed by atoms with Gasteiger partial charge in [0.15, 0.2) is 0 Å². The molecule has 1 aliphatic rings. The van der Waals surface area contributed by atoms with Crippen molar-refractivity contribution in [3.8, 4) is 5.88 Å². The largest absolute Gasteiger partial charge is 0.475 e. The van der Waals surface area contributed by atoms with Crippen molar-refractivity contribution in [2.45, 2.75) is 38.8 Å². The van der Waals surface area contributed by atoms with Crippen molar-refractivity contribution >= 4 is 5.91 Å². The molecule has 0 saturated carbocycles. The van der Waals surface area contributed by atoms with Gasteiger partial charge in [-0.3, -0.25) is 4.79 Å². The Morgan fingerprint density at radius 1 is 1.57 bits per heavy atom. The Morgan fingerprint density at radius 2 is 2.39 bits per heavy atom. The molecule has 2 heterocycles. The monoisotopic (exact) mass is 322 g/mol. The molecule has 0 unspecified atom stereocenters. The highest BCUT2D eigenvalue weighted by molar-refractivity contribution is 5.94. The minimum Gasteiger partial charge on any atom is -0.475 e. The maximum absolute atomic E-state index is 12.8. The van der Waals surface area contributed by atoms with Gasteiger partial charge >= 0.3 is 0 Å². The molecular formula is C17H26N2O4. The summed E-state index contributed by atoms with van der Waals surface area (Å²) in [5.74, 6) is 0.484. The first kappa shape index (κ1) is 17.7. The minimum absolute atomic E-state index is 0.00851. The summed E-state index contributed by atoms with van der Waals surface area (Å²) in [6.07, 6.45) is 3.35. The molecular weight excluding hydrogens is 296 g/mol. The first-order chi connectivity index (χ1) is 11.2. The van der Waals surface area contributed by atoms with E-state index < -0.39 is 0 Å². The normalized spacial score (nSPS) is 19.4. The van der Waals surface area contributed by atoms with Crippen LogP contribution < -0.4 is 4.74 Å². The molecule has 0 radical (unpaired) electrons. The molecule has 1 amide bonds. The van der Waals surface area contributed by atoms with Gasteiger partial charge in [-0.25, -0.2) is 4.98 Å². The zero-order chi connectivity index (χ0) is 16.7. The molecule has 0 spiro atoms. The van der Waals surface area contributed by atoms with Crippen LogP contribution in [0.15, 0.2) is 18.3 Å². The highest BCUT2D eigenvalue weighted by Crippen LogP contribution is 2.18. The van der Waals surface area contributed by atoms with Crippen LogP contribution in [0.2, 0.25) is 0 Å². The van der Waals surface area contributed by atoms with E-state index in [4.69, 9.17) is 14.2 Å². The van der Waals surface area contributed by atoms with Crippen LogP contribution in [-0.4, -0.2) is 61.4 Å². The Morgan fingerprint density at radius 3 is 3.13 bits per heavy atom. The fourth-order valence-electron chi connectivity index (χ4n) is 2.48. The molecule has 0 N–H and O–H groups in total. The van der Waals surface area contributed by atoms with Crippen molar-refractivity contribution in [1.29, 1.82) is 0 Å². The van der Waals surface area contributed by atoms with E-state index >= 15 is 0 Å². The Kier molecular flexibility index (Phi) is 6.80. The molecule has 128 valence electrons. The summed E-state index contributed by atoms with van der Waals surface area (Å²) in [5, 5.41) is 0. The van der Waals surface area contributed by atoms with Gasteiger partial charge in [-0.05, 0) is 25.8 Å². The van der Waals surface area contributed by atoms with E-state index in [2.05, 4.69) is 4.98 Å². The molecule has 2 rings (SSSR count). The number of hydrogen-bond donors (Lipinski definition) is 0. The minimum atomic E-state index is -0.00851. The highest BCUT2D eigenvalue weighted by atomic mass is 16.5. The Hall–Kier alpha value is -1.66. The van der Waals surface area contributed by atoms with Gasteiger partial charge in [-0.15, -0.1) is 0 Å². The molecule has 0 bridgehead atoms. The number of carbonyl (C=O) groups excluding carboxylic acids is 1. The van der Waals surface area contributed by atoms with Crippen LogP contribution in [0.3, 0.4) is 0 Å². The molecule has 0 aliphatic carbocycles. The lowest BCUT2D eigenvalue weighted by molar-refractivity contribution is -0.0104. The summed E-state index contributed by atoms with van der Waals surface area (Å²) in [7, 11) is 1.66. The van der Waals surface area contributed by atoms with Gasteiger partial charge in [0.25, 0.3) is 5.91 Å². The molecule has 1 aliphatic heterocycles. The number of aromatic nitrogens is 1. The lowest BCUT2D eigenvalue weighted by Gasteiger charge is -2.35. The van der Waals surface area contributed by atoms with Crippen molar-refractivity contribution < 1.29 is 19.0 Å². The summed E-state index contributed by atoms with van der Waals surface area (Å²) < 4.78 is 16.3. The lowest BCUT2D eigenvalue weighted by Crippen LogP contribution is -2.49. The quantitative estimate of drug-likeness (QED) is 0.770. The van der Waals surface area contributed by atoms with Crippen LogP contribution in [0.25, 0.3) is 0 Å². The molecule has 1 fully saturated rings. The van der Waals surface area contributed by atoms with E-state index in [1.807, 2.05) is 18.7 Å². The van der Waals surface area contributed by atoms with E-state index in [-0.39, 0.29) is 18.1 Å². The zero-order valence-electron chi connectivity index (χ0n) is 14.2. The van der Waals surface area contributed by atoms with Crippen molar-refractivity contribution in [2.24, 2.45) is 0 Å². The SMILES string of the molecule is CC[C@@H](C)Oc1cc(C(=O)N2CCOC[C@@H]2CCOC)ccn1. The number of nitrogens with zero attached hydrogens (tertiary/aromatic N) is 2. The van der Waals surface area contributed by atoms with Gasteiger partial charge in [-0.2, -0.15) is 0 Å². The van der Waals surface area contributed by atoms with Gasteiger partial charge in [0.05, 0.1) is 25.4 Å². The Labute approximate surface area is 137 Å². The van der Waals surface area contributed by atoms with Crippen molar-refractivity contribution in [1.82, 2.24) is 9.88 Å². The van der Waals surface area contributed by atoms with Crippen molar-refractivity contribution in [3.63, 3.8) is 0 Å². The summed E-state index contributed by atoms with van der Waals surface area (Å²) in [4.78, 5) is 18.9. The molecule has 6 nitrogen and oxygen atoms in total. The Bertz CT molecular complexity index is 509. The first-order valence-electron chi connectivity index (χ1n) is 8.16. The lowest BCUT2D eigenvalue weighted by atomic mass is 10.1. The molecule has 2 atom stereocenters. The van der Waals surface area contributed by atoms with Crippen LogP contribution in [-0.2, 0) is 9.47 Å². The number of amides is 1. The van der Waals surface area contributed by atoms with Crippen LogP contribution in [0.4, 0.5) is 0 Å². The summed E-state index contributed by atoms with van der Waals surface area (Å²) in [6, 6.07) is 3.50. The standard InChI is InChI=1S/C17H26N2O4/c1-4-13(2)23-16-11-14(5-7-18-16)17(20)19-8-10-22-12-15(19)6-9-21-3/h5,7,11,13,15H,4,6,8-10,12H2,1-3H3/t13-,15+/m1/s1. The van der Waals surface area contributed by atoms with Gasteiger partial charge in [0.1, 0.15) is 0 Å². The summed E-state index contributed by atoms with van der Waals surface area (Å²) in [5.41, 5.74) is 0.600. The fourth-order valence-corrected chi connectivity index (χ4v) is 2.48. The third kappa shape index (κ3) is 4.91. The van der Waals surface area contributed by atoms with Crippen LogP contribution in [0.1, 0.15) is 37.0 Å². The molecule has 1 saturated heterocycles. The van der Waals surface area contributed by atoms with Gasteiger partial charge in [-0.1, -0.05) is 6.92 Å². The first-order valence-corrected chi connectivity index (χ1v) is 8.16.